The third-order valence-corrected chi connectivity index (χ3v) is 6.34. The summed E-state index contributed by atoms with van der Waals surface area (Å²) in [5, 5.41) is 3.32. The summed E-state index contributed by atoms with van der Waals surface area (Å²) >= 11 is 5.83. The molecule has 9 heteroatoms. The summed E-state index contributed by atoms with van der Waals surface area (Å²) in [6.07, 6.45) is 3.81. The van der Waals surface area contributed by atoms with Crippen LogP contribution < -0.4 is 11.0 Å². The van der Waals surface area contributed by atoms with E-state index in [-0.39, 0.29) is 29.8 Å². The van der Waals surface area contributed by atoms with Crippen LogP contribution >= 0.6 is 11.6 Å². The molecule has 1 N–H and O–H groups in total. The molecule has 2 amide bonds. The van der Waals surface area contributed by atoms with Gasteiger partial charge in [0.1, 0.15) is 5.82 Å². The van der Waals surface area contributed by atoms with Crippen LogP contribution in [0.15, 0.2) is 47.4 Å². The lowest BCUT2D eigenvalue weighted by atomic mass is 9.95. The molecule has 1 aliphatic rings. The molecule has 1 aromatic carbocycles. The zero-order valence-electron chi connectivity index (χ0n) is 18.7. The monoisotopic (exact) mass is 469 g/mol. The van der Waals surface area contributed by atoms with Gasteiger partial charge in [0.05, 0.1) is 16.1 Å². The van der Waals surface area contributed by atoms with Gasteiger partial charge in [-0.2, -0.15) is 0 Å². The number of hydrogen-bond acceptors (Lipinski definition) is 4. The van der Waals surface area contributed by atoms with Gasteiger partial charge in [0.2, 0.25) is 11.8 Å². The van der Waals surface area contributed by atoms with Crippen molar-refractivity contribution in [2.24, 2.45) is 5.92 Å². The minimum absolute atomic E-state index is 0.00690. The number of para-hydroxylation sites is 2. The van der Waals surface area contributed by atoms with Gasteiger partial charge in [-0.25, -0.2) is 9.78 Å². The maximum atomic E-state index is 12.9. The van der Waals surface area contributed by atoms with Crippen LogP contribution in [0, 0.1) is 5.92 Å². The van der Waals surface area contributed by atoms with Crippen LogP contribution in [-0.2, 0) is 22.7 Å². The number of aryl methyl sites for hydroxylation is 2. The molecule has 8 nitrogen and oxygen atoms in total. The highest BCUT2D eigenvalue weighted by Crippen LogP contribution is 2.21. The van der Waals surface area contributed by atoms with Crippen molar-refractivity contribution in [2.45, 2.75) is 45.7 Å². The number of piperidine rings is 1. The predicted molar refractivity (Wildman–Crippen MR) is 128 cm³/mol. The number of likely N-dealkylation sites (tertiary alicyclic amines) is 1. The van der Waals surface area contributed by atoms with Crippen molar-refractivity contribution in [3.63, 3.8) is 0 Å². The van der Waals surface area contributed by atoms with Crippen LogP contribution in [0.3, 0.4) is 0 Å². The maximum absolute atomic E-state index is 12.9. The molecule has 0 spiro atoms. The number of amides is 2. The number of nitrogens with zero attached hydrogens (tertiary/aromatic N) is 4. The molecule has 1 fully saturated rings. The van der Waals surface area contributed by atoms with Crippen molar-refractivity contribution in [1.29, 1.82) is 0 Å². The molecule has 0 saturated carbocycles. The molecular weight excluding hydrogens is 442 g/mol. The Bertz CT molecular complexity index is 1190. The van der Waals surface area contributed by atoms with E-state index >= 15 is 0 Å². The lowest BCUT2D eigenvalue weighted by Crippen LogP contribution is -2.42. The highest BCUT2D eigenvalue weighted by Gasteiger charge is 2.27. The number of aromatic nitrogens is 3. The number of pyridine rings is 1. The van der Waals surface area contributed by atoms with Gasteiger partial charge in [0, 0.05) is 44.7 Å². The Balaban J connectivity index is 1.33. The zero-order chi connectivity index (χ0) is 23.4. The summed E-state index contributed by atoms with van der Waals surface area (Å²) in [7, 11) is 0. The molecule has 0 radical (unpaired) electrons. The zero-order valence-corrected chi connectivity index (χ0v) is 19.4. The quantitative estimate of drug-likeness (QED) is 0.573. The Hall–Kier alpha value is -3.13. The number of fused-ring (bicyclic) bond motifs is 1. The highest BCUT2D eigenvalue weighted by molar-refractivity contribution is 6.30. The van der Waals surface area contributed by atoms with Gasteiger partial charge in [0.15, 0.2) is 0 Å². The van der Waals surface area contributed by atoms with Crippen LogP contribution in [0.5, 0.6) is 0 Å². The first-order valence-electron chi connectivity index (χ1n) is 11.4. The second-order valence-electron chi connectivity index (χ2n) is 8.33. The van der Waals surface area contributed by atoms with Crippen molar-refractivity contribution >= 4 is 40.3 Å². The normalized spacial score (nSPS) is 14.5. The van der Waals surface area contributed by atoms with Crippen molar-refractivity contribution in [1.82, 2.24) is 19.0 Å². The number of anilines is 1. The van der Waals surface area contributed by atoms with Gasteiger partial charge in [-0.15, -0.1) is 0 Å². The largest absolute Gasteiger partial charge is 0.343 e. The number of rotatable bonds is 7. The van der Waals surface area contributed by atoms with Gasteiger partial charge in [-0.05, 0) is 43.5 Å². The highest BCUT2D eigenvalue weighted by atomic mass is 35.5. The topological polar surface area (TPSA) is 89.2 Å². The summed E-state index contributed by atoms with van der Waals surface area (Å²) in [6.45, 7) is 4.09. The van der Waals surface area contributed by atoms with Gasteiger partial charge in [-0.1, -0.05) is 30.7 Å². The standard InChI is InChI=1S/C24H28ClN5O3/c1-2-12-29-19-5-3-4-6-20(19)30(24(29)33)15-11-22(31)28-13-9-17(10-14-28)23(32)27-21-8-7-18(25)16-26-21/h3-8,16-17H,2,9-15H2,1H3,(H,26,27,32). The number of halogens is 1. The van der Waals surface area contributed by atoms with Gasteiger partial charge in [0.25, 0.3) is 0 Å². The fourth-order valence-corrected chi connectivity index (χ4v) is 4.47. The molecule has 0 aliphatic carbocycles. The first-order chi connectivity index (χ1) is 16.0. The molecule has 3 aromatic rings. The number of benzene rings is 1. The average molecular weight is 470 g/mol. The van der Waals surface area contributed by atoms with E-state index < -0.39 is 0 Å². The number of nitrogens with one attached hydrogen (secondary N) is 1. The summed E-state index contributed by atoms with van der Waals surface area (Å²) in [5.41, 5.74) is 1.69. The van der Waals surface area contributed by atoms with Crippen LogP contribution in [0.4, 0.5) is 5.82 Å². The third-order valence-electron chi connectivity index (χ3n) is 6.12. The molecule has 4 rings (SSSR count). The second-order valence-corrected chi connectivity index (χ2v) is 8.77. The van der Waals surface area contributed by atoms with Crippen molar-refractivity contribution in [3.8, 4) is 0 Å². The van der Waals surface area contributed by atoms with Crippen molar-refractivity contribution in [3.05, 3.63) is 58.1 Å². The molecule has 2 aromatic heterocycles. The van der Waals surface area contributed by atoms with Crippen LogP contribution in [0.2, 0.25) is 5.02 Å². The van der Waals surface area contributed by atoms with E-state index in [9.17, 15) is 14.4 Å². The minimum atomic E-state index is -0.166. The van der Waals surface area contributed by atoms with E-state index in [4.69, 9.17) is 11.6 Å². The smallest absolute Gasteiger partial charge is 0.329 e. The fourth-order valence-electron chi connectivity index (χ4n) is 4.36. The first kappa shape index (κ1) is 23.0. The Morgan fingerprint density at radius 1 is 1.06 bits per heavy atom. The molecule has 0 bridgehead atoms. The van der Waals surface area contributed by atoms with Gasteiger partial charge in [-0.3, -0.25) is 18.7 Å². The maximum Gasteiger partial charge on any atom is 0.329 e. The number of imidazole rings is 1. The lowest BCUT2D eigenvalue weighted by Gasteiger charge is -2.31. The average Bonchev–Trinajstić information content (AvgIpc) is 3.10. The molecule has 174 valence electrons. The molecule has 1 saturated heterocycles. The van der Waals surface area contributed by atoms with Crippen molar-refractivity contribution < 1.29 is 9.59 Å². The number of carbonyl (C=O) groups excluding carboxylic acids is 2. The van der Waals surface area contributed by atoms with E-state index in [1.165, 1.54) is 6.20 Å². The van der Waals surface area contributed by atoms with Gasteiger partial charge < -0.3 is 10.2 Å². The van der Waals surface area contributed by atoms with E-state index in [2.05, 4.69) is 10.3 Å². The molecular formula is C24H28ClN5O3. The molecule has 0 atom stereocenters. The summed E-state index contributed by atoms with van der Waals surface area (Å²) in [4.78, 5) is 44.1. The minimum Gasteiger partial charge on any atom is -0.343 e. The van der Waals surface area contributed by atoms with E-state index in [1.807, 2.05) is 31.2 Å². The number of carbonyl (C=O) groups is 2. The Labute approximate surface area is 197 Å². The van der Waals surface area contributed by atoms with E-state index in [0.29, 0.717) is 49.9 Å². The number of hydrogen-bond donors (Lipinski definition) is 1. The summed E-state index contributed by atoms with van der Waals surface area (Å²) in [6, 6.07) is 11.0. The van der Waals surface area contributed by atoms with Crippen LogP contribution in [-0.4, -0.2) is 43.9 Å². The lowest BCUT2D eigenvalue weighted by molar-refractivity contribution is -0.134. The Morgan fingerprint density at radius 2 is 1.73 bits per heavy atom. The Morgan fingerprint density at radius 3 is 2.33 bits per heavy atom. The van der Waals surface area contributed by atoms with E-state index in [0.717, 1.165) is 17.5 Å². The second kappa shape index (κ2) is 10.2. The first-order valence-corrected chi connectivity index (χ1v) is 11.7. The summed E-state index contributed by atoms with van der Waals surface area (Å²) < 4.78 is 3.47. The fraction of sp³-hybridized carbons (Fsp3) is 0.417. The molecule has 33 heavy (non-hydrogen) atoms. The third kappa shape index (κ3) is 5.11. The van der Waals surface area contributed by atoms with E-state index in [1.54, 1.807) is 26.2 Å². The SMILES string of the molecule is CCCn1c(=O)n(CCC(=O)N2CCC(C(=O)Nc3ccc(Cl)cn3)CC2)c2ccccc21. The van der Waals surface area contributed by atoms with Crippen LogP contribution in [0.25, 0.3) is 11.0 Å². The predicted octanol–water partition coefficient (Wildman–Crippen LogP) is 3.53. The van der Waals surface area contributed by atoms with Gasteiger partial charge >= 0.3 is 5.69 Å². The summed E-state index contributed by atoms with van der Waals surface area (Å²) in [5.74, 6) is 0.219. The Kier molecular flexibility index (Phi) is 7.13. The molecule has 3 heterocycles. The van der Waals surface area contributed by atoms with Crippen molar-refractivity contribution in [2.75, 3.05) is 18.4 Å². The van der Waals surface area contributed by atoms with Crippen LogP contribution in [0.1, 0.15) is 32.6 Å². The molecule has 1 aliphatic heterocycles. The molecule has 0 unspecified atom stereocenters.